The van der Waals surface area contributed by atoms with Gasteiger partial charge in [0, 0.05) is 11.4 Å². The van der Waals surface area contributed by atoms with Crippen molar-refractivity contribution in [1.82, 2.24) is 14.8 Å². The lowest BCUT2D eigenvalue weighted by Gasteiger charge is -2.13. The topological polar surface area (TPSA) is 120 Å². The Kier molecular flexibility index (Phi) is 6.06. The van der Waals surface area contributed by atoms with Gasteiger partial charge in [-0.25, -0.2) is 13.6 Å². The first-order chi connectivity index (χ1) is 13.6. The van der Waals surface area contributed by atoms with E-state index >= 15 is 0 Å². The fourth-order valence-electron chi connectivity index (χ4n) is 2.67. The Morgan fingerprint density at radius 1 is 1.14 bits per heavy atom. The standard InChI is InChI=1S/C19H21N5O3S2/c1-12-5-4-6-16(11-12)24-14(3)22-23-19(24)28-13(2)18(25)21-15-7-9-17(10-8-15)29(20,26)27/h4-11,13H,1-3H3,(H,21,25)(H2,20,26,27). The monoisotopic (exact) mass is 431 g/mol. The fourth-order valence-corrected chi connectivity index (χ4v) is 4.10. The number of hydrogen-bond acceptors (Lipinski definition) is 6. The lowest BCUT2D eigenvalue weighted by molar-refractivity contribution is -0.115. The number of carbonyl (C=O) groups is 1. The van der Waals surface area contributed by atoms with Crippen LogP contribution >= 0.6 is 11.8 Å². The summed E-state index contributed by atoms with van der Waals surface area (Å²) in [7, 11) is -3.77. The van der Waals surface area contributed by atoms with E-state index in [-0.39, 0.29) is 10.8 Å². The summed E-state index contributed by atoms with van der Waals surface area (Å²) < 4.78 is 24.5. The number of anilines is 1. The minimum atomic E-state index is -3.77. The highest BCUT2D eigenvalue weighted by Gasteiger charge is 2.20. The Bertz CT molecular complexity index is 1140. The number of carbonyl (C=O) groups excluding carboxylic acids is 1. The van der Waals surface area contributed by atoms with Gasteiger partial charge in [0.25, 0.3) is 0 Å². The molecule has 3 rings (SSSR count). The van der Waals surface area contributed by atoms with Crippen LogP contribution in [0.3, 0.4) is 0 Å². The van der Waals surface area contributed by atoms with E-state index in [9.17, 15) is 13.2 Å². The van der Waals surface area contributed by atoms with Gasteiger partial charge < -0.3 is 5.32 Å². The van der Waals surface area contributed by atoms with Gasteiger partial charge in [-0.1, -0.05) is 23.9 Å². The summed E-state index contributed by atoms with van der Waals surface area (Å²) in [5, 5.41) is 16.3. The van der Waals surface area contributed by atoms with Crippen LogP contribution in [0.25, 0.3) is 5.69 Å². The number of amides is 1. The molecule has 0 spiro atoms. The van der Waals surface area contributed by atoms with Crippen molar-refractivity contribution in [3.05, 3.63) is 59.9 Å². The van der Waals surface area contributed by atoms with Gasteiger partial charge in [-0.15, -0.1) is 10.2 Å². The Labute approximate surface area is 173 Å². The van der Waals surface area contributed by atoms with Crippen molar-refractivity contribution in [3.63, 3.8) is 0 Å². The van der Waals surface area contributed by atoms with Gasteiger partial charge in [-0.3, -0.25) is 9.36 Å². The summed E-state index contributed by atoms with van der Waals surface area (Å²) in [5.41, 5.74) is 2.52. The van der Waals surface area contributed by atoms with E-state index in [0.29, 0.717) is 10.8 Å². The van der Waals surface area contributed by atoms with Crippen molar-refractivity contribution in [3.8, 4) is 5.69 Å². The van der Waals surface area contributed by atoms with Crippen LogP contribution in [0, 0.1) is 13.8 Å². The van der Waals surface area contributed by atoms with E-state index in [4.69, 9.17) is 5.14 Å². The molecule has 1 unspecified atom stereocenters. The smallest absolute Gasteiger partial charge is 0.238 e. The molecule has 0 fully saturated rings. The Balaban J connectivity index is 1.74. The molecular formula is C19H21N5O3S2. The molecule has 1 atom stereocenters. The van der Waals surface area contributed by atoms with Crippen LogP contribution in [0.1, 0.15) is 18.3 Å². The molecule has 29 heavy (non-hydrogen) atoms. The third-order valence-electron chi connectivity index (χ3n) is 4.16. The van der Waals surface area contributed by atoms with Crippen LogP contribution in [0.5, 0.6) is 0 Å². The first-order valence-corrected chi connectivity index (χ1v) is 11.2. The molecule has 0 aliphatic heterocycles. The van der Waals surface area contributed by atoms with E-state index in [2.05, 4.69) is 15.5 Å². The van der Waals surface area contributed by atoms with Crippen molar-refractivity contribution < 1.29 is 13.2 Å². The van der Waals surface area contributed by atoms with E-state index in [1.165, 1.54) is 36.0 Å². The minimum absolute atomic E-state index is 0.0142. The number of nitrogens with two attached hydrogens (primary N) is 1. The third-order valence-corrected chi connectivity index (χ3v) is 6.13. The molecule has 0 saturated carbocycles. The minimum Gasteiger partial charge on any atom is -0.325 e. The Morgan fingerprint density at radius 2 is 1.83 bits per heavy atom. The van der Waals surface area contributed by atoms with Gasteiger partial charge in [0.1, 0.15) is 5.82 Å². The van der Waals surface area contributed by atoms with Crippen molar-refractivity contribution in [2.45, 2.75) is 36.1 Å². The summed E-state index contributed by atoms with van der Waals surface area (Å²) in [6.45, 7) is 5.63. The maximum Gasteiger partial charge on any atom is 0.238 e. The third kappa shape index (κ3) is 5.03. The second-order valence-corrected chi connectivity index (χ2v) is 9.39. The second kappa shape index (κ2) is 8.36. The molecule has 1 heterocycles. The van der Waals surface area contributed by atoms with Crippen molar-refractivity contribution in [1.29, 1.82) is 0 Å². The first-order valence-electron chi connectivity index (χ1n) is 8.74. The molecular weight excluding hydrogens is 410 g/mol. The van der Waals surface area contributed by atoms with Gasteiger partial charge in [-0.2, -0.15) is 0 Å². The number of sulfonamides is 1. The van der Waals surface area contributed by atoms with Crippen molar-refractivity contribution in [2.75, 3.05) is 5.32 Å². The maximum atomic E-state index is 12.6. The maximum absolute atomic E-state index is 12.6. The van der Waals surface area contributed by atoms with Crippen LogP contribution in [0.4, 0.5) is 5.69 Å². The number of nitrogens with one attached hydrogen (secondary N) is 1. The number of thioether (sulfide) groups is 1. The Morgan fingerprint density at radius 3 is 2.45 bits per heavy atom. The Hall–Kier alpha value is -2.69. The second-order valence-electron chi connectivity index (χ2n) is 6.52. The van der Waals surface area contributed by atoms with Crippen molar-refractivity contribution >= 4 is 33.4 Å². The van der Waals surface area contributed by atoms with Crippen LogP contribution in [-0.4, -0.2) is 34.3 Å². The van der Waals surface area contributed by atoms with E-state index < -0.39 is 15.3 Å². The first kappa shape index (κ1) is 21.0. The van der Waals surface area contributed by atoms with Gasteiger partial charge in [-0.05, 0) is 62.7 Å². The molecule has 2 aromatic carbocycles. The zero-order valence-electron chi connectivity index (χ0n) is 16.2. The molecule has 3 N–H and O–H groups in total. The average Bonchev–Trinajstić information content (AvgIpc) is 3.01. The molecule has 10 heteroatoms. The molecule has 3 aromatic rings. The molecule has 0 aliphatic carbocycles. The zero-order valence-corrected chi connectivity index (χ0v) is 17.8. The molecule has 0 saturated heterocycles. The summed E-state index contributed by atoms with van der Waals surface area (Å²) in [5.74, 6) is 0.485. The van der Waals surface area contributed by atoms with Gasteiger partial charge in [0.05, 0.1) is 10.1 Å². The quantitative estimate of drug-likeness (QED) is 0.579. The van der Waals surface area contributed by atoms with Crippen LogP contribution < -0.4 is 10.5 Å². The number of nitrogens with zero attached hydrogens (tertiary/aromatic N) is 3. The van der Waals surface area contributed by atoms with Gasteiger partial charge in [0.2, 0.25) is 15.9 Å². The van der Waals surface area contributed by atoms with Gasteiger partial charge >= 0.3 is 0 Å². The van der Waals surface area contributed by atoms with Crippen LogP contribution in [-0.2, 0) is 14.8 Å². The summed E-state index contributed by atoms with van der Waals surface area (Å²) in [6, 6.07) is 13.6. The van der Waals surface area contributed by atoms with Crippen LogP contribution in [0.15, 0.2) is 58.6 Å². The lowest BCUT2D eigenvalue weighted by Crippen LogP contribution is -2.23. The predicted octanol–water partition coefficient (Wildman–Crippen LogP) is 2.65. The molecule has 1 aromatic heterocycles. The largest absolute Gasteiger partial charge is 0.325 e. The average molecular weight is 432 g/mol. The summed E-state index contributed by atoms with van der Waals surface area (Å²) in [4.78, 5) is 12.6. The molecule has 0 aliphatic rings. The molecule has 8 nitrogen and oxygen atoms in total. The fraction of sp³-hybridized carbons (Fsp3) is 0.211. The number of rotatable bonds is 6. The number of aromatic nitrogens is 3. The number of benzene rings is 2. The van der Waals surface area contributed by atoms with Gasteiger partial charge in [0.15, 0.2) is 5.16 Å². The molecule has 0 radical (unpaired) electrons. The molecule has 152 valence electrons. The van der Waals surface area contributed by atoms with E-state index in [0.717, 1.165) is 17.1 Å². The zero-order chi connectivity index (χ0) is 21.2. The summed E-state index contributed by atoms with van der Waals surface area (Å²) in [6.07, 6.45) is 0. The highest BCUT2D eigenvalue weighted by molar-refractivity contribution is 8.00. The van der Waals surface area contributed by atoms with Crippen LogP contribution in [0.2, 0.25) is 0 Å². The lowest BCUT2D eigenvalue weighted by atomic mass is 10.2. The van der Waals surface area contributed by atoms with Crippen molar-refractivity contribution in [2.24, 2.45) is 5.14 Å². The highest BCUT2D eigenvalue weighted by atomic mass is 32.2. The van der Waals surface area contributed by atoms with E-state index in [1.807, 2.05) is 42.7 Å². The SMILES string of the molecule is Cc1cccc(-n2c(C)nnc2SC(C)C(=O)Nc2ccc(S(N)(=O)=O)cc2)c1. The predicted molar refractivity (Wildman–Crippen MR) is 113 cm³/mol. The number of aryl methyl sites for hydroxylation is 2. The molecule has 0 bridgehead atoms. The normalized spacial score (nSPS) is 12.6. The summed E-state index contributed by atoms with van der Waals surface area (Å²) >= 11 is 1.29. The highest BCUT2D eigenvalue weighted by Crippen LogP contribution is 2.26. The molecule has 1 amide bonds. The van der Waals surface area contributed by atoms with E-state index in [1.54, 1.807) is 6.92 Å². The number of hydrogen-bond donors (Lipinski definition) is 2. The number of primary sulfonamides is 1.